The second-order valence-corrected chi connectivity index (χ2v) is 7.07. The monoisotopic (exact) mass is 377 g/mol. The molecule has 6 nitrogen and oxygen atoms in total. The fourth-order valence-electron chi connectivity index (χ4n) is 4.33. The average Bonchev–Trinajstić information content (AvgIpc) is 3.28. The van der Waals surface area contributed by atoms with E-state index < -0.39 is 0 Å². The van der Waals surface area contributed by atoms with E-state index in [0.717, 1.165) is 13.1 Å². The number of aromatic nitrogens is 1. The fraction of sp³-hybridized carbons (Fsp3) is 0.474. The van der Waals surface area contributed by atoms with Crippen molar-refractivity contribution in [2.24, 2.45) is 11.8 Å². The highest BCUT2D eigenvalue weighted by molar-refractivity contribution is 5.94. The lowest BCUT2D eigenvalue weighted by atomic mass is 9.87. The van der Waals surface area contributed by atoms with Crippen LogP contribution in [0.1, 0.15) is 39.0 Å². The summed E-state index contributed by atoms with van der Waals surface area (Å²) in [6, 6.07) is 8.28. The molecule has 3 heterocycles. The number of halogens is 1. The van der Waals surface area contributed by atoms with E-state index >= 15 is 0 Å². The molecule has 0 aliphatic carbocycles. The van der Waals surface area contributed by atoms with Crippen LogP contribution in [0.25, 0.3) is 0 Å². The van der Waals surface area contributed by atoms with Crippen LogP contribution >= 0.6 is 12.4 Å². The van der Waals surface area contributed by atoms with E-state index in [1.54, 1.807) is 6.92 Å². The number of amides is 1. The summed E-state index contributed by atoms with van der Waals surface area (Å²) < 4.78 is 5.16. The van der Waals surface area contributed by atoms with Crippen molar-refractivity contribution < 1.29 is 14.4 Å². The predicted molar refractivity (Wildman–Crippen MR) is 99.2 cm³/mol. The van der Waals surface area contributed by atoms with Gasteiger partial charge in [0.2, 0.25) is 0 Å². The summed E-state index contributed by atoms with van der Waals surface area (Å²) in [5.74, 6) is 1.19. The normalized spacial score (nSPS) is 24.4. The lowest BCUT2D eigenvalue weighted by Crippen LogP contribution is -2.35. The highest BCUT2D eigenvalue weighted by Gasteiger charge is 2.48. The summed E-state index contributed by atoms with van der Waals surface area (Å²) in [4.78, 5) is 15.2. The van der Waals surface area contributed by atoms with Gasteiger partial charge >= 0.3 is 0 Å². The number of fused-ring (bicyclic) bond motifs is 1. The van der Waals surface area contributed by atoms with Crippen molar-refractivity contribution in [1.82, 2.24) is 15.4 Å². The van der Waals surface area contributed by atoms with Gasteiger partial charge in [0, 0.05) is 25.6 Å². The van der Waals surface area contributed by atoms with Crippen LogP contribution in [0.5, 0.6) is 0 Å². The van der Waals surface area contributed by atoms with Crippen LogP contribution in [0.4, 0.5) is 0 Å². The zero-order valence-electron chi connectivity index (χ0n) is 14.9. The van der Waals surface area contributed by atoms with Crippen LogP contribution in [0, 0.1) is 25.7 Å². The van der Waals surface area contributed by atoms with Gasteiger partial charge in [0.05, 0.1) is 18.2 Å². The Morgan fingerprint density at radius 2 is 2.12 bits per heavy atom. The van der Waals surface area contributed by atoms with E-state index in [9.17, 15) is 9.90 Å². The lowest BCUT2D eigenvalue weighted by Gasteiger charge is -2.29. The van der Waals surface area contributed by atoms with E-state index in [0.29, 0.717) is 29.7 Å². The molecule has 0 bridgehead atoms. The Labute approximate surface area is 159 Å². The topological polar surface area (TPSA) is 78.6 Å². The molecule has 2 aromatic rings. The molecule has 7 heteroatoms. The molecule has 2 aliphatic rings. The molecule has 2 N–H and O–H groups in total. The van der Waals surface area contributed by atoms with Crippen molar-refractivity contribution >= 4 is 18.3 Å². The third kappa shape index (κ3) is 2.92. The first kappa shape index (κ1) is 18.9. The number of benzene rings is 1. The maximum atomic E-state index is 13.2. The lowest BCUT2D eigenvalue weighted by molar-refractivity contribution is 0.0700. The molecule has 0 saturated carbocycles. The van der Waals surface area contributed by atoms with E-state index in [1.807, 2.05) is 17.0 Å². The highest BCUT2D eigenvalue weighted by Crippen LogP contribution is 2.44. The molecule has 2 saturated heterocycles. The van der Waals surface area contributed by atoms with Crippen LogP contribution in [-0.2, 0) is 6.61 Å². The maximum Gasteiger partial charge on any atom is 0.276 e. The number of aryl methyl sites for hydroxylation is 2. The zero-order chi connectivity index (χ0) is 17.6. The summed E-state index contributed by atoms with van der Waals surface area (Å²) in [5.41, 5.74) is 3.12. The van der Waals surface area contributed by atoms with Crippen LogP contribution in [0.2, 0.25) is 0 Å². The van der Waals surface area contributed by atoms with Gasteiger partial charge in [0.25, 0.3) is 5.91 Å². The first-order valence-corrected chi connectivity index (χ1v) is 8.75. The molecular formula is C19H24ClN3O3. The number of hydrogen-bond donors (Lipinski definition) is 2. The number of hydrogen-bond acceptors (Lipinski definition) is 5. The second kappa shape index (κ2) is 7.39. The first-order valence-electron chi connectivity index (χ1n) is 8.75. The van der Waals surface area contributed by atoms with E-state index in [2.05, 4.69) is 29.5 Å². The first-order chi connectivity index (χ1) is 12.1. The summed E-state index contributed by atoms with van der Waals surface area (Å²) in [5, 5.41) is 17.0. The van der Waals surface area contributed by atoms with Crippen molar-refractivity contribution in [3.63, 3.8) is 0 Å². The summed E-state index contributed by atoms with van der Waals surface area (Å²) in [6.07, 6.45) is 0. The van der Waals surface area contributed by atoms with Gasteiger partial charge in [-0.2, -0.15) is 0 Å². The van der Waals surface area contributed by atoms with E-state index in [1.165, 1.54) is 11.1 Å². The molecule has 140 valence electrons. The van der Waals surface area contributed by atoms with Gasteiger partial charge in [-0.15, -0.1) is 12.4 Å². The average molecular weight is 378 g/mol. The number of carbonyl (C=O) groups excluding carboxylic acids is 1. The maximum absolute atomic E-state index is 13.2. The molecular weight excluding hydrogens is 354 g/mol. The Balaban J connectivity index is 0.00000196. The number of carbonyl (C=O) groups is 1. The minimum absolute atomic E-state index is 0. The molecule has 0 spiro atoms. The van der Waals surface area contributed by atoms with Crippen LogP contribution in [0.15, 0.2) is 28.8 Å². The molecule has 3 atom stereocenters. The van der Waals surface area contributed by atoms with Crippen molar-refractivity contribution in [2.75, 3.05) is 19.6 Å². The Hall–Kier alpha value is -1.89. The van der Waals surface area contributed by atoms with E-state index in [-0.39, 0.29) is 36.7 Å². The van der Waals surface area contributed by atoms with Gasteiger partial charge in [-0.05, 0) is 30.9 Å². The largest absolute Gasteiger partial charge is 0.391 e. The second-order valence-electron chi connectivity index (χ2n) is 7.07. The van der Waals surface area contributed by atoms with Gasteiger partial charge in [-0.1, -0.05) is 29.4 Å². The smallest absolute Gasteiger partial charge is 0.276 e. The fourth-order valence-corrected chi connectivity index (χ4v) is 4.33. The number of nitrogens with zero attached hydrogens (tertiary/aromatic N) is 2. The molecule has 26 heavy (non-hydrogen) atoms. The summed E-state index contributed by atoms with van der Waals surface area (Å²) in [6.45, 7) is 6.11. The number of likely N-dealkylation sites (tertiary alicyclic amines) is 1. The van der Waals surface area contributed by atoms with Crippen LogP contribution < -0.4 is 5.32 Å². The molecule has 0 unspecified atom stereocenters. The van der Waals surface area contributed by atoms with Crippen LogP contribution in [-0.4, -0.2) is 40.7 Å². The summed E-state index contributed by atoms with van der Waals surface area (Å²) >= 11 is 0. The van der Waals surface area contributed by atoms with Gasteiger partial charge in [0.1, 0.15) is 5.76 Å². The standard InChI is InChI=1S/C19H23N3O3.ClH/c1-11-5-3-4-6-14(11)18-15-8-20-7-13(15)9-22(18)19(24)17-16(10-23)12(2)25-21-17;/h3-6,13,15,18,20,23H,7-10H2,1-2H3;1H/t13-,15-,18+;/m0./s1. The van der Waals surface area contributed by atoms with Crippen molar-refractivity contribution in [3.8, 4) is 0 Å². The van der Waals surface area contributed by atoms with Gasteiger partial charge in [-0.25, -0.2) is 0 Å². The van der Waals surface area contributed by atoms with E-state index in [4.69, 9.17) is 4.52 Å². The molecule has 1 aromatic heterocycles. The molecule has 1 aromatic carbocycles. The predicted octanol–water partition coefficient (Wildman–Crippen LogP) is 2.24. The Bertz CT molecular complexity index is 807. The van der Waals surface area contributed by atoms with Crippen molar-refractivity contribution in [3.05, 3.63) is 52.4 Å². The number of rotatable bonds is 3. The summed E-state index contributed by atoms with van der Waals surface area (Å²) in [7, 11) is 0. The zero-order valence-corrected chi connectivity index (χ0v) is 15.8. The molecule has 0 radical (unpaired) electrons. The Morgan fingerprint density at radius 1 is 1.35 bits per heavy atom. The Kier molecular flexibility index (Phi) is 5.37. The molecule has 4 rings (SSSR count). The van der Waals surface area contributed by atoms with Crippen molar-refractivity contribution in [2.45, 2.75) is 26.5 Å². The number of aliphatic hydroxyl groups excluding tert-OH is 1. The molecule has 2 fully saturated rings. The molecule has 2 aliphatic heterocycles. The van der Waals surface area contributed by atoms with Gasteiger partial charge in [0.15, 0.2) is 5.69 Å². The third-order valence-corrected chi connectivity index (χ3v) is 5.68. The molecule has 1 amide bonds. The number of nitrogens with one attached hydrogen (secondary N) is 1. The van der Waals surface area contributed by atoms with Gasteiger partial charge < -0.3 is 19.8 Å². The number of aliphatic hydroxyl groups is 1. The minimum Gasteiger partial charge on any atom is -0.391 e. The quantitative estimate of drug-likeness (QED) is 0.857. The third-order valence-electron chi connectivity index (χ3n) is 5.68. The highest BCUT2D eigenvalue weighted by atomic mass is 35.5. The van der Waals surface area contributed by atoms with Crippen molar-refractivity contribution in [1.29, 1.82) is 0 Å². The Morgan fingerprint density at radius 3 is 2.85 bits per heavy atom. The minimum atomic E-state index is -0.242. The van der Waals surface area contributed by atoms with Gasteiger partial charge in [-0.3, -0.25) is 4.79 Å². The SMILES string of the molecule is Cc1ccccc1[C@@H]1[C@H]2CNC[C@H]2CN1C(=O)c1noc(C)c1CO.Cl. The van der Waals surface area contributed by atoms with Crippen LogP contribution in [0.3, 0.4) is 0 Å².